The molecule has 3 aromatic carbocycles. The Balaban J connectivity index is 1.62. The van der Waals surface area contributed by atoms with Gasteiger partial charge in [0.05, 0.1) is 18.3 Å². The van der Waals surface area contributed by atoms with Gasteiger partial charge in [-0.05, 0) is 54.2 Å². The molecule has 10 heteroatoms. The fourth-order valence-electron chi connectivity index (χ4n) is 5.49. The van der Waals surface area contributed by atoms with Gasteiger partial charge >= 0.3 is 12.1 Å². The number of Topliss-reactive ketones (excluding diaryl/α,β-unsaturated/α-hetero) is 1. The maximum absolute atomic E-state index is 13.9. The molecule has 3 aromatic rings. The molecule has 0 aromatic heterocycles. The summed E-state index contributed by atoms with van der Waals surface area (Å²) in [5.74, 6) is -0.520. The third-order valence-corrected chi connectivity index (χ3v) is 7.67. The second-order valence-corrected chi connectivity index (χ2v) is 11.6. The van der Waals surface area contributed by atoms with Crippen LogP contribution in [0, 0.1) is 5.41 Å². The van der Waals surface area contributed by atoms with Crippen molar-refractivity contribution in [1.29, 1.82) is 0 Å². The second-order valence-electron chi connectivity index (χ2n) is 11.2. The topological polar surface area (TPSA) is 114 Å². The van der Waals surface area contributed by atoms with Crippen molar-refractivity contribution in [2.75, 3.05) is 23.4 Å². The summed E-state index contributed by atoms with van der Waals surface area (Å²) in [6.07, 6.45) is -0.216. The molecule has 0 spiro atoms. The molecule has 1 atom stereocenters. The van der Waals surface area contributed by atoms with E-state index in [0.717, 1.165) is 5.56 Å². The van der Waals surface area contributed by atoms with Gasteiger partial charge in [-0.1, -0.05) is 67.9 Å². The van der Waals surface area contributed by atoms with E-state index in [1.807, 2.05) is 44.2 Å². The first-order valence-corrected chi connectivity index (χ1v) is 14.4. The number of hydrogen-bond donors (Lipinski definition) is 2. The lowest BCUT2D eigenvalue weighted by atomic mass is 9.73. The lowest BCUT2D eigenvalue weighted by Crippen LogP contribution is -2.40. The number of carbonyl (C=O) groups is 3. The highest BCUT2D eigenvalue weighted by Gasteiger charge is 2.45. The van der Waals surface area contributed by atoms with Crippen molar-refractivity contribution < 1.29 is 33.7 Å². The lowest BCUT2D eigenvalue weighted by Gasteiger charge is -2.36. The van der Waals surface area contributed by atoms with Crippen molar-refractivity contribution in [2.45, 2.75) is 46.3 Å². The van der Waals surface area contributed by atoms with Gasteiger partial charge in [-0.15, -0.1) is 0 Å². The van der Waals surface area contributed by atoms with Gasteiger partial charge in [0.25, 0.3) is 0 Å². The molecule has 9 nitrogen and oxygen atoms in total. The van der Waals surface area contributed by atoms with E-state index in [1.54, 1.807) is 37.3 Å². The minimum absolute atomic E-state index is 0.123. The first-order chi connectivity index (χ1) is 20.6. The molecule has 1 aliphatic heterocycles. The van der Waals surface area contributed by atoms with Crippen molar-refractivity contribution in [2.24, 2.45) is 5.41 Å². The third kappa shape index (κ3) is 6.46. The summed E-state index contributed by atoms with van der Waals surface area (Å²) in [7, 11) is 0. The molecule has 0 saturated carbocycles. The van der Waals surface area contributed by atoms with E-state index in [2.05, 4.69) is 5.32 Å². The van der Waals surface area contributed by atoms with Gasteiger partial charge in [-0.25, -0.2) is 9.59 Å². The largest absolute Gasteiger partial charge is 0.506 e. The quantitative estimate of drug-likeness (QED) is 0.220. The summed E-state index contributed by atoms with van der Waals surface area (Å²) in [5, 5.41) is 14.4. The number of allylic oxidation sites excluding steroid dienone is 1. The van der Waals surface area contributed by atoms with Crippen LogP contribution >= 0.6 is 11.6 Å². The normalized spacial score (nSPS) is 17.3. The average Bonchev–Trinajstić information content (AvgIpc) is 3.10. The van der Waals surface area contributed by atoms with E-state index in [1.165, 1.54) is 11.0 Å². The van der Waals surface area contributed by atoms with Crippen LogP contribution in [-0.4, -0.2) is 36.2 Å². The molecule has 0 saturated heterocycles. The number of benzene rings is 3. The zero-order valence-electron chi connectivity index (χ0n) is 24.2. The summed E-state index contributed by atoms with van der Waals surface area (Å²) >= 11 is 6.89. The Kier molecular flexibility index (Phi) is 8.64. The Morgan fingerprint density at radius 1 is 1.05 bits per heavy atom. The van der Waals surface area contributed by atoms with Gasteiger partial charge in [-0.3, -0.25) is 9.69 Å². The molecule has 2 aliphatic rings. The minimum Gasteiger partial charge on any atom is -0.506 e. The standard InChI is InChI=1S/C33H33ClN2O7/c1-4-41-28(39)19-43-32(40)36-25-11-8-12-26(37)30(25)35-24-16-33(2,3)17-27(38)29(24)31(36)22-14-13-21(15-23(22)34)42-18-20-9-6-5-7-10-20/h5-15,31,35,37H,4,16-19H2,1-3H3. The van der Waals surface area contributed by atoms with Gasteiger partial charge < -0.3 is 24.6 Å². The number of aromatic hydroxyl groups is 1. The molecule has 0 fully saturated rings. The predicted octanol–water partition coefficient (Wildman–Crippen LogP) is 6.94. The van der Waals surface area contributed by atoms with Gasteiger partial charge in [0.15, 0.2) is 12.4 Å². The number of hydrogen-bond acceptors (Lipinski definition) is 8. The molecule has 5 rings (SSSR count). The average molecular weight is 605 g/mol. The van der Waals surface area contributed by atoms with Crippen LogP contribution < -0.4 is 15.0 Å². The lowest BCUT2D eigenvalue weighted by molar-refractivity contribution is -0.146. The Hall–Kier alpha value is -4.50. The van der Waals surface area contributed by atoms with Crippen LogP contribution in [-0.2, 0) is 25.7 Å². The molecule has 43 heavy (non-hydrogen) atoms. The van der Waals surface area contributed by atoms with E-state index in [-0.39, 0.29) is 46.4 Å². The molecule has 224 valence electrons. The molecule has 1 amide bonds. The van der Waals surface area contributed by atoms with E-state index in [0.29, 0.717) is 35.6 Å². The van der Waals surface area contributed by atoms with E-state index >= 15 is 0 Å². The van der Waals surface area contributed by atoms with Gasteiger partial charge in [0, 0.05) is 22.7 Å². The summed E-state index contributed by atoms with van der Waals surface area (Å²) < 4.78 is 16.3. The zero-order chi connectivity index (χ0) is 30.7. The Morgan fingerprint density at radius 2 is 1.81 bits per heavy atom. The predicted molar refractivity (Wildman–Crippen MR) is 162 cm³/mol. The maximum atomic E-state index is 13.9. The van der Waals surface area contributed by atoms with Crippen LogP contribution in [0.3, 0.4) is 0 Å². The minimum atomic E-state index is -1.04. The number of esters is 1. The molecule has 1 aliphatic carbocycles. The number of amides is 1. The number of halogens is 1. The van der Waals surface area contributed by atoms with Crippen LogP contribution in [0.2, 0.25) is 5.02 Å². The number of para-hydroxylation sites is 1. The fourth-order valence-corrected chi connectivity index (χ4v) is 5.77. The zero-order valence-corrected chi connectivity index (χ0v) is 24.9. The van der Waals surface area contributed by atoms with Gasteiger partial charge in [0.1, 0.15) is 23.8 Å². The SMILES string of the molecule is CCOC(=O)COC(=O)N1c2cccc(O)c2NC2=C(C(=O)CC(C)(C)C2)C1c1ccc(OCc2ccccc2)cc1Cl. The molecule has 1 unspecified atom stereocenters. The first kappa shape index (κ1) is 30.0. The van der Waals surface area contributed by atoms with Crippen LogP contribution in [0.5, 0.6) is 11.5 Å². The van der Waals surface area contributed by atoms with Crippen molar-refractivity contribution in [3.63, 3.8) is 0 Å². The monoisotopic (exact) mass is 604 g/mol. The summed E-state index contributed by atoms with van der Waals surface area (Å²) in [6, 6.07) is 18.4. The summed E-state index contributed by atoms with van der Waals surface area (Å²) in [6.45, 7) is 5.43. The smallest absolute Gasteiger partial charge is 0.415 e. The summed E-state index contributed by atoms with van der Waals surface area (Å²) in [4.78, 5) is 41.1. The van der Waals surface area contributed by atoms with Crippen LogP contribution in [0.25, 0.3) is 0 Å². The summed E-state index contributed by atoms with van der Waals surface area (Å²) in [5.41, 5.74) is 2.42. The van der Waals surface area contributed by atoms with E-state index in [9.17, 15) is 19.5 Å². The van der Waals surface area contributed by atoms with Crippen molar-refractivity contribution in [3.05, 3.63) is 94.1 Å². The molecule has 1 heterocycles. The second kappa shape index (κ2) is 12.4. The number of phenols is 1. The Labute approximate surface area is 255 Å². The highest BCUT2D eigenvalue weighted by atomic mass is 35.5. The molecular formula is C33H33ClN2O7. The number of nitrogens with zero attached hydrogens (tertiary/aromatic N) is 1. The van der Waals surface area contributed by atoms with Crippen molar-refractivity contribution in [3.8, 4) is 11.5 Å². The number of ketones is 1. The highest BCUT2D eigenvalue weighted by molar-refractivity contribution is 6.31. The Morgan fingerprint density at radius 3 is 2.53 bits per heavy atom. The van der Waals surface area contributed by atoms with E-state index < -0.39 is 24.7 Å². The van der Waals surface area contributed by atoms with Gasteiger partial charge in [0.2, 0.25) is 0 Å². The first-order valence-electron chi connectivity index (χ1n) is 14.0. The van der Waals surface area contributed by atoms with Crippen LogP contribution in [0.15, 0.2) is 78.0 Å². The number of anilines is 2. The molecule has 2 N–H and O–H groups in total. The van der Waals surface area contributed by atoms with Crippen LogP contribution in [0.4, 0.5) is 16.2 Å². The molecule has 0 radical (unpaired) electrons. The van der Waals surface area contributed by atoms with E-state index in [4.69, 9.17) is 25.8 Å². The number of ether oxygens (including phenoxy) is 3. The third-order valence-electron chi connectivity index (χ3n) is 7.34. The number of nitrogens with one attached hydrogen (secondary N) is 1. The number of rotatable bonds is 7. The Bertz CT molecular complexity index is 1590. The van der Waals surface area contributed by atoms with Crippen LogP contribution in [0.1, 0.15) is 50.8 Å². The van der Waals surface area contributed by atoms with Crippen molar-refractivity contribution >= 4 is 40.8 Å². The number of fused-ring (bicyclic) bond motifs is 1. The molecular weight excluding hydrogens is 572 g/mol. The highest BCUT2D eigenvalue weighted by Crippen LogP contribution is 2.51. The number of phenolic OH excluding ortho intramolecular Hbond substituents is 1. The fraction of sp³-hybridized carbons (Fsp3) is 0.303. The number of carbonyl (C=O) groups excluding carboxylic acids is 3. The maximum Gasteiger partial charge on any atom is 0.415 e. The van der Waals surface area contributed by atoms with Gasteiger partial charge in [-0.2, -0.15) is 0 Å². The molecule has 0 bridgehead atoms. The van der Waals surface area contributed by atoms with Crippen molar-refractivity contribution in [1.82, 2.24) is 0 Å².